The van der Waals surface area contributed by atoms with Crippen LogP contribution in [0.25, 0.3) is 0 Å². The largest absolute Gasteiger partial charge is 0.494 e. The average molecular weight is 251 g/mol. The maximum atomic E-state index is 13.9. The van der Waals surface area contributed by atoms with Crippen LogP contribution < -0.4 is 10.5 Å². The number of benzene rings is 1. The van der Waals surface area contributed by atoms with Crippen molar-refractivity contribution in [1.29, 1.82) is 0 Å². The van der Waals surface area contributed by atoms with Crippen LogP contribution in [0.3, 0.4) is 0 Å². The Kier molecular flexibility index (Phi) is 3.76. The van der Waals surface area contributed by atoms with Crippen LogP contribution in [0, 0.1) is 5.82 Å². The minimum absolute atomic E-state index is 0.170. The molecule has 90 valence electrons. The van der Waals surface area contributed by atoms with Crippen LogP contribution in [0.4, 0.5) is 4.39 Å². The zero-order valence-corrected chi connectivity index (χ0v) is 10.3. The van der Waals surface area contributed by atoms with Crippen molar-refractivity contribution < 1.29 is 9.13 Å². The highest BCUT2D eigenvalue weighted by molar-refractivity contribution is 7.10. The fourth-order valence-electron chi connectivity index (χ4n) is 1.71. The molecule has 2 N–H and O–H groups in total. The normalized spacial score (nSPS) is 12.4. The summed E-state index contributed by atoms with van der Waals surface area (Å²) in [5.74, 6) is -0.0529. The number of methoxy groups -OCH3 is 1. The molecule has 0 aliphatic rings. The fourth-order valence-corrected chi connectivity index (χ4v) is 2.44. The highest BCUT2D eigenvalue weighted by Crippen LogP contribution is 2.25. The van der Waals surface area contributed by atoms with Crippen LogP contribution in [-0.2, 0) is 6.42 Å². The van der Waals surface area contributed by atoms with Crippen LogP contribution >= 0.6 is 11.3 Å². The Morgan fingerprint density at radius 1 is 1.35 bits per heavy atom. The third-order valence-electron chi connectivity index (χ3n) is 2.61. The number of hydrogen-bond acceptors (Lipinski definition) is 3. The molecule has 17 heavy (non-hydrogen) atoms. The summed E-state index contributed by atoms with van der Waals surface area (Å²) in [6.07, 6.45) is 0.476. The summed E-state index contributed by atoms with van der Waals surface area (Å²) >= 11 is 1.59. The van der Waals surface area contributed by atoms with Gasteiger partial charge in [-0.25, -0.2) is 4.39 Å². The smallest absolute Gasteiger partial charge is 0.168 e. The molecule has 1 aromatic carbocycles. The molecule has 2 aromatic rings. The molecule has 0 amide bonds. The van der Waals surface area contributed by atoms with E-state index < -0.39 is 0 Å². The maximum absolute atomic E-state index is 13.9. The lowest BCUT2D eigenvalue weighted by Crippen LogP contribution is -2.12. The highest BCUT2D eigenvalue weighted by Gasteiger charge is 2.13. The second-order valence-corrected chi connectivity index (χ2v) is 4.74. The zero-order valence-electron chi connectivity index (χ0n) is 9.52. The number of ether oxygens (including phenoxy) is 1. The first-order chi connectivity index (χ1) is 8.22. The maximum Gasteiger partial charge on any atom is 0.168 e. The summed E-state index contributed by atoms with van der Waals surface area (Å²) in [6.45, 7) is 0. The van der Waals surface area contributed by atoms with E-state index in [1.54, 1.807) is 29.5 Å². The van der Waals surface area contributed by atoms with Crippen LogP contribution in [0.2, 0.25) is 0 Å². The van der Waals surface area contributed by atoms with Gasteiger partial charge >= 0.3 is 0 Å². The van der Waals surface area contributed by atoms with E-state index in [0.29, 0.717) is 12.0 Å². The minimum Gasteiger partial charge on any atom is -0.494 e. The Hall–Kier alpha value is -1.39. The first-order valence-corrected chi connectivity index (χ1v) is 6.20. The topological polar surface area (TPSA) is 35.2 Å². The predicted molar refractivity (Wildman–Crippen MR) is 67.9 cm³/mol. The van der Waals surface area contributed by atoms with E-state index >= 15 is 0 Å². The van der Waals surface area contributed by atoms with E-state index in [4.69, 9.17) is 10.5 Å². The predicted octanol–water partition coefficient (Wildman–Crippen LogP) is 3.14. The van der Waals surface area contributed by atoms with E-state index in [-0.39, 0.29) is 17.6 Å². The standard InChI is InChI=1S/C13H14FNOS/c1-16-11-5-2-4-9(13(11)14)8-10(15)12-6-3-7-17-12/h2-7,10H,8,15H2,1H3. The minimum atomic E-state index is -0.318. The van der Waals surface area contributed by atoms with Gasteiger partial charge in [0.1, 0.15) is 0 Å². The molecular formula is C13H14FNOS. The van der Waals surface area contributed by atoms with E-state index in [0.717, 1.165) is 4.88 Å². The first-order valence-electron chi connectivity index (χ1n) is 5.32. The van der Waals surface area contributed by atoms with Crippen LogP contribution in [0.1, 0.15) is 16.5 Å². The molecule has 0 aliphatic carbocycles. The summed E-state index contributed by atoms with van der Waals surface area (Å²) in [7, 11) is 1.46. The number of hydrogen-bond donors (Lipinski definition) is 1. The molecule has 0 saturated carbocycles. The number of nitrogens with two attached hydrogens (primary N) is 1. The van der Waals surface area contributed by atoms with Crippen molar-refractivity contribution in [1.82, 2.24) is 0 Å². The molecule has 2 nitrogen and oxygen atoms in total. The molecule has 0 fully saturated rings. The van der Waals surface area contributed by atoms with Crippen molar-refractivity contribution in [3.05, 3.63) is 52.0 Å². The third kappa shape index (κ3) is 2.65. The fraction of sp³-hybridized carbons (Fsp3) is 0.231. The van der Waals surface area contributed by atoms with Gasteiger partial charge < -0.3 is 10.5 Å². The van der Waals surface area contributed by atoms with Crippen molar-refractivity contribution >= 4 is 11.3 Å². The van der Waals surface area contributed by atoms with E-state index in [1.165, 1.54) is 7.11 Å². The number of thiophene rings is 1. The zero-order chi connectivity index (χ0) is 12.3. The molecule has 0 saturated heterocycles. The Morgan fingerprint density at radius 3 is 2.82 bits per heavy atom. The summed E-state index contributed by atoms with van der Waals surface area (Å²) in [5.41, 5.74) is 6.62. The molecule has 0 spiro atoms. The Labute approximate surface area is 104 Å². The van der Waals surface area contributed by atoms with Gasteiger partial charge in [-0.2, -0.15) is 0 Å². The Balaban J connectivity index is 2.19. The van der Waals surface area contributed by atoms with Crippen LogP contribution in [-0.4, -0.2) is 7.11 Å². The first kappa shape index (κ1) is 12.1. The second-order valence-electron chi connectivity index (χ2n) is 3.76. The molecule has 2 rings (SSSR count). The quantitative estimate of drug-likeness (QED) is 0.906. The molecule has 1 heterocycles. The van der Waals surface area contributed by atoms with Crippen molar-refractivity contribution in [2.24, 2.45) is 5.73 Å². The number of rotatable bonds is 4. The van der Waals surface area contributed by atoms with Gasteiger partial charge in [-0.05, 0) is 29.5 Å². The van der Waals surface area contributed by atoms with Gasteiger partial charge in [0.2, 0.25) is 0 Å². The molecule has 0 bridgehead atoms. The molecule has 4 heteroatoms. The van der Waals surface area contributed by atoms with Crippen molar-refractivity contribution in [2.75, 3.05) is 7.11 Å². The van der Waals surface area contributed by atoms with Gasteiger partial charge in [0.25, 0.3) is 0 Å². The molecular weight excluding hydrogens is 237 g/mol. The lowest BCUT2D eigenvalue weighted by Gasteiger charge is -2.12. The molecule has 1 unspecified atom stereocenters. The molecule has 0 radical (unpaired) electrons. The summed E-state index contributed by atoms with van der Waals surface area (Å²) in [6, 6.07) is 8.87. The number of halogens is 1. The van der Waals surface area contributed by atoms with Gasteiger partial charge in [0.15, 0.2) is 11.6 Å². The average Bonchev–Trinajstić information content (AvgIpc) is 2.85. The molecule has 1 aromatic heterocycles. The summed E-state index contributed by atoms with van der Waals surface area (Å²) in [5, 5.41) is 1.97. The lowest BCUT2D eigenvalue weighted by atomic mass is 10.0. The Bertz CT molecular complexity index is 484. The van der Waals surface area contributed by atoms with Gasteiger partial charge in [0, 0.05) is 10.9 Å². The highest BCUT2D eigenvalue weighted by atomic mass is 32.1. The molecule has 1 atom stereocenters. The SMILES string of the molecule is COc1cccc(CC(N)c2cccs2)c1F. The van der Waals surface area contributed by atoms with Crippen molar-refractivity contribution in [3.63, 3.8) is 0 Å². The summed E-state index contributed by atoms with van der Waals surface area (Å²) in [4.78, 5) is 1.06. The molecule has 0 aliphatic heterocycles. The summed E-state index contributed by atoms with van der Waals surface area (Å²) < 4.78 is 18.8. The van der Waals surface area contributed by atoms with Gasteiger partial charge in [-0.3, -0.25) is 0 Å². The Morgan fingerprint density at radius 2 is 2.18 bits per heavy atom. The van der Waals surface area contributed by atoms with Crippen molar-refractivity contribution in [3.8, 4) is 5.75 Å². The third-order valence-corrected chi connectivity index (χ3v) is 3.62. The monoisotopic (exact) mass is 251 g/mol. The van der Waals surface area contributed by atoms with E-state index in [1.807, 2.05) is 17.5 Å². The van der Waals surface area contributed by atoms with Crippen LogP contribution in [0.15, 0.2) is 35.7 Å². The van der Waals surface area contributed by atoms with Crippen LogP contribution in [0.5, 0.6) is 5.75 Å². The van der Waals surface area contributed by atoms with Gasteiger partial charge in [-0.15, -0.1) is 11.3 Å². The van der Waals surface area contributed by atoms with Gasteiger partial charge in [-0.1, -0.05) is 18.2 Å². The van der Waals surface area contributed by atoms with E-state index in [2.05, 4.69) is 0 Å². The van der Waals surface area contributed by atoms with E-state index in [9.17, 15) is 4.39 Å². The van der Waals surface area contributed by atoms with Gasteiger partial charge in [0.05, 0.1) is 7.11 Å². The van der Waals surface area contributed by atoms with Crippen molar-refractivity contribution in [2.45, 2.75) is 12.5 Å². The second kappa shape index (κ2) is 5.29. The lowest BCUT2D eigenvalue weighted by molar-refractivity contribution is 0.383.